The van der Waals surface area contributed by atoms with E-state index in [1.807, 2.05) is 24.4 Å². The summed E-state index contributed by atoms with van der Waals surface area (Å²) in [4.78, 5) is 16.2. The van der Waals surface area contributed by atoms with Gasteiger partial charge in [0, 0.05) is 29.3 Å². The van der Waals surface area contributed by atoms with Gasteiger partial charge in [-0.3, -0.25) is 4.79 Å². The van der Waals surface area contributed by atoms with Crippen LogP contribution in [0, 0.1) is 12.8 Å². The number of aryl methyl sites for hydroxylation is 1. The van der Waals surface area contributed by atoms with E-state index in [0.717, 1.165) is 22.7 Å². The van der Waals surface area contributed by atoms with Crippen LogP contribution >= 0.6 is 23.1 Å². The average Bonchev–Trinajstić information content (AvgIpc) is 3.36. The van der Waals surface area contributed by atoms with Crippen molar-refractivity contribution in [1.29, 1.82) is 0 Å². The monoisotopic (exact) mass is 435 g/mol. The van der Waals surface area contributed by atoms with Gasteiger partial charge in [-0.15, -0.1) is 23.1 Å². The van der Waals surface area contributed by atoms with Crippen LogP contribution in [0.2, 0.25) is 0 Å². The van der Waals surface area contributed by atoms with E-state index in [1.165, 1.54) is 6.08 Å². The number of benzene rings is 1. The van der Waals surface area contributed by atoms with E-state index >= 15 is 0 Å². The predicted molar refractivity (Wildman–Crippen MR) is 113 cm³/mol. The molecule has 3 heterocycles. The Hall–Kier alpha value is -1.68. The van der Waals surface area contributed by atoms with Crippen LogP contribution in [-0.2, 0) is 14.8 Å². The van der Waals surface area contributed by atoms with Crippen LogP contribution in [-0.4, -0.2) is 47.3 Å². The SMILES string of the molecule is C=CC(=O)NC1CC2CN(S(=O)(=O)c3ccc(-c4csc(C)n4)cc3)CC2S1. The molecule has 1 amide bonds. The highest BCUT2D eigenvalue weighted by Crippen LogP contribution is 2.43. The van der Waals surface area contributed by atoms with Crippen molar-refractivity contribution < 1.29 is 13.2 Å². The fraction of sp³-hybridized carbons (Fsp3) is 0.368. The molecule has 0 saturated carbocycles. The Morgan fingerprint density at radius 3 is 2.68 bits per heavy atom. The molecule has 2 aromatic rings. The number of thiazole rings is 1. The first-order valence-electron chi connectivity index (χ1n) is 8.98. The summed E-state index contributed by atoms with van der Waals surface area (Å²) in [6.07, 6.45) is 2.05. The fourth-order valence-electron chi connectivity index (χ4n) is 3.67. The third-order valence-corrected chi connectivity index (χ3v) is 9.24. The van der Waals surface area contributed by atoms with Gasteiger partial charge in [0.15, 0.2) is 0 Å². The Balaban J connectivity index is 1.44. The zero-order chi connectivity index (χ0) is 19.9. The Bertz CT molecular complexity index is 987. The van der Waals surface area contributed by atoms with Gasteiger partial charge in [-0.1, -0.05) is 18.7 Å². The Kier molecular flexibility index (Phi) is 5.34. The number of hydrogen-bond donors (Lipinski definition) is 1. The summed E-state index contributed by atoms with van der Waals surface area (Å²) in [5.41, 5.74) is 1.78. The van der Waals surface area contributed by atoms with Crippen molar-refractivity contribution in [3.63, 3.8) is 0 Å². The number of sulfonamides is 1. The maximum atomic E-state index is 13.0. The van der Waals surface area contributed by atoms with E-state index in [-0.39, 0.29) is 22.4 Å². The number of amides is 1. The molecule has 2 aliphatic heterocycles. The molecule has 3 unspecified atom stereocenters. The topological polar surface area (TPSA) is 79.4 Å². The highest BCUT2D eigenvalue weighted by molar-refractivity contribution is 8.00. The first-order valence-corrected chi connectivity index (χ1v) is 12.2. The van der Waals surface area contributed by atoms with Crippen molar-refractivity contribution in [2.24, 2.45) is 5.92 Å². The number of hydrogen-bond acceptors (Lipinski definition) is 6. The molecule has 0 bridgehead atoms. The lowest BCUT2D eigenvalue weighted by atomic mass is 10.1. The van der Waals surface area contributed by atoms with Crippen molar-refractivity contribution in [3.8, 4) is 11.3 Å². The molecule has 0 spiro atoms. The van der Waals surface area contributed by atoms with Gasteiger partial charge >= 0.3 is 0 Å². The normalized spacial score (nSPS) is 24.8. The van der Waals surface area contributed by atoms with Crippen molar-refractivity contribution in [1.82, 2.24) is 14.6 Å². The molecule has 1 aromatic heterocycles. The molecule has 2 fully saturated rings. The molecule has 1 N–H and O–H groups in total. The van der Waals surface area contributed by atoms with Crippen molar-refractivity contribution >= 4 is 39.0 Å². The molecule has 0 radical (unpaired) electrons. The van der Waals surface area contributed by atoms with Crippen molar-refractivity contribution in [2.45, 2.75) is 28.9 Å². The molecule has 6 nitrogen and oxygen atoms in total. The van der Waals surface area contributed by atoms with Gasteiger partial charge in [0.25, 0.3) is 0 Å². The van der Waals surface area contributed by atoms with Crippen LogP contribution in [0.3, 0.4) is 0 Å². The lowest BCUT2D eigenvalue weighted by Gasteiger charge is -2.19. The maximum Gasteiger partial charge on any atom is 0.244 e. The van der Waals surface area contributed by atoms with Gasteiger partial charge < -0.3 is 5.32 Å². The van der Waals surface area contributed by atoms with Gasteiger partial charge in [-0.05, 0) is 37.5 Å². The number of thioether (sulfide) groups is 1. The Morgan fingerprint density at radius 2 is 2.07 bits per heavy atom. The predicted octanol–water partition coefficient (Wildman–Crippen LogP) is 2.87. The third-order valence-electron chi connectivity index (χ3n) is 5.10. The highest BCUT2D eigenvalue weighted by atomic mass is 32.2. The summed E-state index contributed by atoms with van der Waals surface area (Å²) in [6, 6.07) is 6.95. The van der Waals surface area contributed by atoms with Crippen LogP contribution in [0.15, 0.2) is 47.2 Å². The molecule has 0 aliphatic carbocycles. The number of fused-ring (bicyclic) bond motifs is 1. The molecular weight excluding hydrogens is 414 g/mol. The second-order valence-electron chi connectivity index (χ2n) is 6.97. The minimum Gasteiger partial charge on any atom is -0.341 e. The standard InChI is InChI=1S/C19H21N3O3S3/c1-3-18(23)21-19-8-14-9-22(10-17(14)27-19)28(24,25)15-6-4-13(5-7-15)16-11-26-12(2)20-16/h3-7,11,14,17,19H,1,8-10H2,2H3,(H,21,23). The van der Waals surface area contributed by atoms with Crippen LogP contribution in [0.5, 0.6) is 0 Å². The van der Waals surface area contributed by atoms with E-state index < -0.39 is 10.0 Å². The van der Waals surface area contributed by atoms with Crippen LogP contribution in [0.4, 0.5) is 0 Å². The number of carbonyl (C=O) groups excluding carboxylic acids is 1. The van der Waals surface area contributed by atoms with E-state index in [9.17, 15) is 13.2 Å². The third kappa shape index (κ3) is 3.76. The van der Waals surface area contributed by atoms with Crippen LogP contribution in [0.25, 0.3) is 11.3 Å². The molecule has 3 atom stereocenters. The highest BCUT2D eigenvalue weighted by Gasteiger charge is 2.45. The van der Waals surface area contributed by atoms with Gasteiger partial charge in [0.1, 0.15) is 0 Å². The second kappa shape index (κ2) is 7.62. The molecule has 2 saturated heterocycles. The fourth-order valence-corrected chi connectivity index (χ4v) is 7.56. The van der Waals surface area contributed by atoms with Crippen LogP contribution < -0.4 is 5.32 Å². The lowest BCUT2D eigenvalue weighted by Crippen LogP contribution is -2.33. The summed E-state index contributed by atoms with van der Waals surface area (Å²) in [5.74, 6) is 0.0736. The summed E-state index contributed by atoms with van der Waals surface area (Å²) >= 11 is 3.22. The van der Waals surface area contributed by atoms with Gasteiger partial charge in [-0.2, -0.15) is 4.31 Å². The van der Waals surface area contributed by atoms with E-state index in [1.54, 1.807) is 39.5 Å². The number of nitrogens with one attached hydrogen (secondary N) is 1. The molecule has 148 valence electrons. The minimum absolute atomic E-state index is 0.0335. The summed E-state index contributed by atoms with van der Waals surface area (Å²) < 4.78 is 27.7. The maximum absolute atomic E-state index is 13.0. The number of aromatic nitrogens is 1. The molecule has 9 heteroatoms. The molecule has 1 aromatic carbocycles. The summed E-state index contributed by atoms with van der Waals surface area (Å²) in [7, 11) is -3.52. The molecule has 2 aliphatic rings. The number of carbonyl (C=O) groups is 1. The largest absolute Gasteiger partial charge is 0.341 e. The zero-order valence-electron chi connectivity index (χ0n) is 15.4. The quantitative estimate of drug-likeness (QED) is 0.731. The second-order valence-corrected chi connectivity index (χ2v) is 11.4. The van der Waals surface area contributed by atoms with E-state index in [4.69, 9.17) is 0 Å². The van der Waals surface area contributed by atoms with E-state index in [0.29, 0.717) is 18.0 Å². The Morgan fingerprint density at radius 1 is 1.32 bits per heavy atom. The van der Waals surface area contributed by atoms with Crippen molar-refractivity contribution in [3.05, 3.63) is 47.3 Å². The Labute approximate surface area is 173 Å². The molecule has 28 heavy (non-hydrogen) atoms. The first kappa shape index (κ1) is 19.6. The van der Waals surface area contributed by atoms with E-state index in [2.05, 4.69) is 16.9 Å². The average molecular weight is 436 g/mol. The molecular formula is C19H21N3O3S3. The summed E-state index contributed by atoms with van der Waals surface area (Å²) in [6.45, 7) is 6.39. The summed E-state index contributed by atoms with van der Waals surface area (Å²) in [5, 5.41) is 6.10. The number of rotatable bonds is 5. The smallest absolute Gasteiger partial charge is 0.244 e. The van der Waals surface area contributed by atoms with Gasteiger partial charge in [0.05, 0.1) is 21.0 Å². The molecule has 4 rings (SSSR count). The van der Waals surface area contributed by atoms with Gasteiger partial charge in [0.2, 0.25) is 15.9 Å². The van der Waals surface area contributed by atoms with Gasteiger partial charge in [-0.25, -0.2) is 13.4 Å². The lowest BCUT2D eigenvalue weighted by molar-refractivity contribution is -0.116. The zero-order valence-corrected chi connectivity index (χ0v) is 17.8. The minimum atomic E-state index is -3.52. The first-order chi connectivity index (χ1) is 13.4. The number of nitrogens with zero attached hydrogens (tertiary/aromatic N) is 2. The van der Waals surface area contributed by atoms with Crippen molar-refractivity contribution in [2.75, 3.05) is 13.1 Å². The van der Waals surface area contributed by atoms with Crippen LogP contribution in [0.1, 0.15) is 11.4 Å².